The van der Waals surface area contributed by atoms with E-state index in [0.29, 0.717) is 18.7 Å². The van der Waals surface area contributed by atoms with Crippen LogP contribution in [0.25, 0.3) is 0 Å². The van der Waals surface area contributed by atoms with E-state index in [-0.39, 0.29) is 0 Å². The van der Waals surface area contributed by atoms with E-state index in [9.17, 15) is 0 Å². The van der Waals surface area contributed by atoms with Crippen LogP contribution in [-0.2, 0) is 13.1 Å². The molecule has 0 unspecified atom stereocenters. The summed E-state index contributed by atoms with van der Waals surface area (Å²) in [6.07, 6.45) is 1.80. The highest BCUT2D eigenvalue weighted by Gasteiger charge is 2.03. The van der Waals surface area contributed by atoms with Crippen molar-refractivity contribution in [2.45, 2.75) is 20.0 Å². The summed E-state index contributed by atoms with van der Waals surface area (Å²) in [5.74, 6) is 0.875. The van der Waals surface area contributed by atoms with Crippen LogP contribution in [-0.4, -0.2) is 12.1 Å². The highest BCUT2D eigenvalue weighted by atomic mass is 16.5. The number of hydrogen-bond acceptors (Lipinski definition) is 4. The molecule has 0 aliphatic rings. The first-order valence-electron chi connectivity index (χ1n) is 6.43. The molecule has 0 radical (unpaired) electrons. The molecule has 1 aromatic heterocycles. The van der Waals surface area contributed by atoms with Gasteiger partial charge in [-0.25, -0.2) is 0 Å². The van der Waals surface area contributed by atoms with Gasteiger partial charge >= 0.3 is 0 Å². The first-order chi connectivity index (χ1) is 9.74. The number of aromatic nitrogens is 1. The minimum absolute atomic E-state index is 0.626. The smallest absolute Gasteiger partial charge is 0.123 e. The molecule has 1 N–H and O–H groups in total. The third-order valence-electron chi connectivity index (χ3n) is 3.10. The number of nitriles is 1. The fraction of sp³-hybridized carbons (Fsp3) is 0.250. The highest BCUT2D eigenvalue weighted by Crippen LogP contribution is 2.17. The fourth-order valence-electron chi connectivity index (χ4n) is 1.98. The maximum Gasteiger partial charge on any atom is 0.123 e. The molecule has 2 aromatic rings. The molecule has 0 spiro atoms. The Morgan fingerprint density at radius 3 is 2.85 bits per heavy atom. The van der Waals surface area contributed by atoms with E-state index >= 15 is 0 Å². The van der Waals surface area contributed by atoms with E-state index in [4.69, 9.17) is 10.00 Å². The topological polar surface area (TPSA) is 57.9 Å². The second-order valence-corrected chi connectivity index (χ2v) is 4.50. The first-order valence-corrected chi connectivity index (χ1v) is 6.43. The van der Waals surface area contributed by atoms with Crippen molar-refractivity contribution in [3.8, 4) is 11.8 Å². The Morgan fingerprint density at radius 1 is 1.30 bits per heavy atom. The van der Waals surface area contributed by atoms with Crippen LogP contribution < -0.4 is 10.1 Å². The number of nitrogens with one attached hydrogen (secondary N) is 1. The van der Waals surface area contributed by atoms with E-state index in [1.165, 1.54) is 0 Å². The lowest BCUT2D eigenvalue weighted by atomic mass is 10.1. The third-order valence-corrected chi connectivity index (χ3v) is 3.10. The summed E-state index contributed by atoms with van der Waals surface area (Å²) in [6, 6.07) is 11.9. The summed E-state index contributed by atoms with van der Waals surface area (Å²) >= 11 is 0. The number of benzene rings is 1. The van der Waals surface area contributed by atoms with E-state index in [1.807, 2.05) is 37.3 Å². The summed E-state index contributed by atoms with van der Waals surface area (Å²) in [6.45, 7) is 3.21. The van der Waals surface area contributed by atoms with Gasteiger partial charge in [0.2, 0.25) is 0 Å². The standard InChI is InChI=1S/C16H17N3O/c1-12-15(8-17)7-13(10-19-12)9-18-11-14-5-3-4-6-16(14)20-2/h3-7,10,18H,9,11H2,1-2H3. The maximum absolute atomic E-state index is 8.99. The molecule has 0 aliphatic heterocycles. The van der Waals surface area contributed by atoms with Gasteiger partial charge in [0.15, 0.2) is 0 Å². The molecule has 2 rings (SSSR count). The molecule has 4 nitrogen and oxygen atoms in total. The van der Waals surface area contributed by atoms with Crippen molar-refractivity contribution in [2.75, 3.05) is 7.11 Å². The highest BCUT2D eigenvalue weighted by molar-refractivity contribution is 5.35. The number of methoxy groups -OCH3 is 1. The van der Waals surface area contributed by atoms with Crippen molar-refractivity contribution >= 4 is 0 Å². The van der Waals surface area contributed by atoms with Gasteiger partial charge in [0.25, 0.3) is 0 Å². The average molecular weight is 267 g/mol. The Balaban J connectivity index is 1.98. The van der Waals surface area contributed by atoms with Gasteiger partial charge in [-0.15, -0.1) is 0 Å². The molecule has 0 saturated heterocycles. The fourth-order valence-corrected chi connectivity index (χ4v) is 1.98. The van der Waals surface area contributed by atoms with Crippen LogP contribution in [0.4, 0.5) is 0 Å². The van der Waals surface area contributed by atoms with E-state index in [2.05, 4.69) is 16.4 Å². The molecule has 102 valence electrons. The Labute approximate surface area is 119 Å². The van der Waals surface area contributed by atoms with Crippen molar-refractivity contribution < 1.29 is 4.74 Å². The number of pyridine rings is 1. The van der Waals surface area contributed by atoms with Crippen LogP contribution >= 0.6 is 0 Å². The van der Waals surface area contributed by atoms with Crippen molar-refractivity contribution in [3.63, 3.8) is 0 Å². The number of ether oxygens (including phenoxy) is 1. The number of rotatable bonds is 5. The molecule has 0 fully saturated rings. The zero-order valence-electron chi connectivity index (χ0n) is 11.7. The molecule has 1 heterocycles. The summed E-state index contributed by atoms with van der Waals surface area (Å²) in [5, 5.41) is 12.3. The maximum atomic E-state index is 8.99. The van der Waals surface area contributed by atoms with Crippen LogP contribution in [0, 0.1) is 18.3 Å². The van der Waals surface area contributed by atoms with Crippen LogP contribution in [0.2, 0.25) is 0 Å². The zero-order valence-corrected chi connectivity index (χ0v) is 11.7. The predicted octanol–water partition coefficient (Wildman–Crippen LogP) is 2.56. The number of hydrogen-bond donors (Lipinski definition) is 1. The second-order valence-electron chi connectivity index (χ2n) is 4.50. The van der Waals surface area contributed by atoms with Gasteiger partial charge in [-0.1, -0.05) is 18.2 Å². The van der Waals surface area contributed by atoms with Crippen molar-refractivity contribution in [3.05, 3.63) is 58.9 Å². The van der Waals surface area contributed by atoms with Crippen LogP contribution in [0.1, 0.15) is 22.4 Å². The molecule has 0 saturated carbocycles. The van der Waals surface area contributed by atoms with Crippen molar-refractivity contribution in [1.82, 2.24) is 10.3 Å². The minimum Gasteiger partial charge on any atom is -0.496 e. The lowest BCUT2D eigenvalue weighted by Gasteiger charge is -2.09. The Kier molecular flexibility index (Phi) is 4.70. The third kappa shape index (κ3) is 3.34. The molecular weight excluding hydrogens is 250 g/mol. The quantitative estimate of drug-likeness (QED) is 0.904. The van der Waals surface area contributed by atoms with Gasteiger partial charge in [0.1, 0.15) is 11.8 Å². The minimum atomic E-state index is 0.626. The van der Waals surface area contributed by atoms with Gasteiger partial charge in [-0.3, -0.25) is 4.98 Å². The van der Waals surface area contributed by atoms with E-state index in [1.54, 1.807) is 13.3 Å². The van der Waals surface area contributed by atoms with E-state index < -0.39 is 0 Å². The molecule has 0 amide bonds. The summed E-state index contributed by atoms with van der Waals surface area (Å²) in [7, 11) is 1.67. The Bertz CT molecular complexity index is 632. The Morgan fingerprint density at radius 2 is 2.10 bits per heavy atom. The molecule has 0 bridgehead atoms. The summed E-state index contributed by atoms with van der Waals surface area (Å²) in [5.41, 5.74) is 3.50. The largest absolute Gasteiger partial charge is 0.496 e. The number of aryl methyl sites for hydroxylation is 1. The first kappa shape index (κ1) is 14.0. The lowest BCUT2D eigenvalue weighted by molar-refractivity contribution is 0.407. The van der Waals surface area contributed by atoms with Crippen LogP contribution in [0.3, 0.4) is 0 Å². The van der Waals surface area contributed by atoms with Gasteiger partial charge < -0.3 is 10.1 Å². The van der Waals surface area contributed by atoms with Gasteiger partial charge in [0.05, 0.1) is 18.4 Å². The number of nitrogens with zero attached hydrogens (tertiary/aromatic N) is 2. The normalized spacial score (nSPS) is 10.1. The molecule has 20 heavy (non-hydrogen) atoms. The van der Waals surface area contributed by atoms with Gasteiger partial charge in [-0.05, 0) is 24.6 Å². The monoisotopic (exact) mass is 267 g/mol. The summed E-state index contributed by atoms with van der Waals surface area (Å²) in [4.78, 5) is 4.22. The molecule has 0 aliphatic carbocycles. The van der Waals surface area contributed by atoms with Gasteiger partial charge in [0, 0.05) is 24.8 Å². The SMILES string of the molecule is COc1ccccc1CNCc1cnc(C)c(C#N)c1. The number of para-hydroxylation sites is 1. The van der Waals surface area contributed by atoms with E-state index in [0.717, 1.165) is 22.6 Å². The predicted molar refractivity (Wildman–Crippen MR) is 77.2 cm³/mol. The van der Waals surface area contributed by atoms with Crippen molar-refractivity contribution in [2.24, 2.45) is 0 Å². The average Bonchev–Trinajstić information content (AvgIpc) is 2.49. The second kappa shape index (κ2) is 6.69. The Hall–Kier alpha value is -2.38. The van der Waals surface area contributed by atoms with Crippen LogP contribution in [0.15, 0.2) is 36.5 Å². The van der Waals surface area contributed by atoms with Gasteiger partial charge in [-0.2, -0.15) is 5.26 Å². The lowest BCUT2D eigenvalue weighted by Crippen LogP contribution is -2.13. The van der Waals surface area contributed by atoms with Crippen molar-refractivity contribution in [1.29, 1.82) is 5.26 Å². The molecule has 1 aromatic carbocycles. The van der Waals surface area contributed by atoms with Crippen LogP contribution in [0.5, 0.6) is 5.75 Å². The molecular formula is C16H17N3O. The molecule has 0 atom stereocenters. The zero-order chi connectivity index (χ0) is 14.4. The molecule has 4 heteroatoms. The summed E-state index contributed by atoms with van der Waals surface area (Å²) < 4.78 is 5.30.